The molecule has 1 unspecified atom stereocenters. The topological polar surface area (TPSA) is 62.5 Å². The lowest BCUT2D eigenvalue weighted by Gasteiger charge is -2.21. The zero-order valence-corrected chi connectivity index (χ0v) is 9.62. The Bertz CT molecular complexity index is 391. The van der Waals surface area contributed by atoms with E-state index in [1.165, 1.54) is 0 Å². The van der Waals surface area contributed by atoms with Gasteiger partial charge in [-0.05, 0) is 38.8 Å². The Morgan fingerprint density at radius 3 is 2.81 bits per heavy atom. The van der Waals surface area contributed by atoms with Crippen molar-refractivity contribution in [2.45, 2.75) is 32.3 Å². The summed E-state index contributed by atoms with van der Waals surface area (Å²) in [5.41, 5.74) is -1.14. The molecule has 88 valence electrons. The van der Waals surface area contributed by atoms with Gasteiger partial charge in [-0.3, -0.25) is 4.79 Å². The predicted molar refractivity (Wildman–Crippen MR) is 58.7 cm³/mol. The van der Waals surface area contributed by atoms with Crippen LogP contribution >= 0.6 is 0 Å². The van der Waals surface area contributed by atoms with Gasteiger partial charge in [0.2, 0.25) is 5.91 Å². The Labute approximate surface area is 94.6 Å². The first kappa shape index (κ1) is 11.2. The summed E-state index contributed by atoms with van der Waals surface area (Å²) in [6.07, 6.45) is 1.93. The summed E-state index contributed by atoms with van der Waals surface area (Å²) in [5, 5.41) is 12.9. The van der Waals surface area contributed by atoms with Gasteiger partial charge in [-0.15, -0.1) is 0 Å². The van der Waals surface area contributed by atoms with E-state index in [9.17, 15) is 9.90 Å². The number of hydrogen-bond acceptors (Lipinski definition) is 3. The molecule has 1 atom stereocenters. The second kappa shape index (κ2) is 3.94. The summed E-state index contributed by atoms with van der Waals surface area (Å²) in [5.74, 6) is 1.43. The van der Waals surface area contributed by atoms with Gasteiger partial charge in [-0.25, -0.2) is 0 Å². The minimum absolute atomic E-state index is 0.0311. The van der Waals surface area contributed by atoms with E-state index >= 15 is 0 Å². The molecule has 1 aromatic heterocycles. The van der Waals surface area contributed by atoms with E-state index in [1.807, 2.05) is 6.92 Å². The SMILES string of the molecule is Cc1ccc(C(C)(O)CNC(=O)C2CC2)o1. The Balaban J connectivity index is 1.93. The maximum atomic E-state index is 11.4. The number of aliphatic hydroxyl groups is 1. The van der Waals surface area contributed by atoms with E-state index < -0.39 is 5.60 Å². The van der Waals surface area contributed by atoms with Gasteiger partial charge in [-0.1, -0.05) is 0 Å². The van der Waals surface area contributed by atoms with Crippen LogP contribution in [0.3, 0.4) is 0 Å². The number of amides is 1. The first-order valence-electron chi connectivity index (χ1n) is 5.56. The number of nitrogens with one attached hydrogen (secondary N) is 1. The zero-order chi connectivity index (χ0) is 11.8. The second-order valence-corrected chi connectivity index (χ2v) is 4.68. The molecular formula is C12H17NO3. The Hall–Kier alpha value is -1.29. The van der Waals surface area contributed by atoms with E-state index in [0.29, 0.717) is 5.76 Å². The fraction of sp³-hybridized carbons (Fsp3) is 0.583. The van der Waals surface area contributed by atoms with Crippen LogP contribution in [-0.4, -0.2) is 17.6 Å². The minimum atomic E-state index is -1.14. The van der Waals surface area contributed by atoms with Crippen LogP contribution in [-0.2, 0) is 10.4 Å². The van der Waals surface area contributed by atoms with Crippen molar-refractivity contribution >= 4 is 5.91 Å². The Kier molecular flexibility index (Phi) is 2.76. The van der Waals surface area contributed by atoms with E-state index in [-0.39, 0.29) is 18.4 Å². The number of furan rings is 1. The van der Waals surface area contributed by atoms with Crippen LogP contribution in [0, 0.1) is 12.8 Å². The van der Waals surface area contributed by atoms with Gasteiger partial charge in [0.15, 0.2) is 0 Å². The number of carbonyl (C=O) groups excluding carboxylic acids is 1. The van der Waals surface area contributed by atoms with Gasteiger partial charge in [0.05, 0.1) is 6.54 Å². The van der Waals surface area contributed by atoms with E-state index in [0.717, 1.165) is 18.6 Å². The molecule has 1 aromatic rings. The van der Waals surface area contributed by atoms with Crippen LogP contribution in [0.1, 0.15) is 31.3 Å². The maximum Gasteiger partial charge on any atom is 0.223 e. The molecule has 0 spiro atoms. The normalized spacial score (nSPS) is 19.2. The first-order chi connectivity index (χ1) is 7.49. The molecule has 1 aliphatic rings. The van der Waals surface area contributed by atoms with Gasteiger partial charge in [0.1, 0.15) is 17.1 Å². The number of rotatable bonds is 4. The monoisotopic (exact) mass is 223 g/mol. The minimum Gasteiger partial charge on any atom is -0.463 e. The maximum absolute atomic E-state index is 11.4. The lowest BCUT2D eigenvalue weighted by molar-refractivity contribution is -0.123. The van der Waals surface area contributed by atoms with Crippen molar-refractivity contribution in [1.82, 2.24) is 5.32 Å². The number of carbonyl (C=O) groups is 1. The summed E-state index contributed by atoms with van der Waals surface area (Å²) < 4.78 is 5.36. The second-order valence-electron chi connectivity index (χ2n) is 4.68. The number of aryl methyl sites for hydroxylation is 1. The van der Waals surface area contributed by atoms with Gasteiger partial charge < -0.3 is 14.8 Å². The summed E-state index contributed by atoms with van der Waals surface area (Å²) in [6.45, 7) is 3.65. The molecule has 4 heteroatoms. The Morgan fingerprint density at radius 2 is 2.31 bits per heavy atom. The molecule has 16 heavy (non-hydrogen) atoms. The third kappa shape index (κ3) is 2.44. The van der Waals surface area contributed by atoms with E-state index in [4.69, 9.17) is 4.42 Å². The molecular weight excluding hydrogens is 206 g/mol. The number of hydrogen-bond donors (Lipinski definition) is 2. The standard InChI is InChI=1S/C12H17NO3/c1-8-3-6-10(16-8)12(2,15)7-13-11(14)9-4-5-9/h3,6,9,15H,4-5,7H2,1-2H3,(H,13,14). The summed E-state index contributed by atoms with van der Waals surface area (Å²) in [6, 6.07) is 3.53. The van der Waals surface area contributed by atoms with Crippen molar-refractivity contribution < 1.29 is 14.3 Å². The van der Waals surface area contributed by atoms with Crippen molar-refractivity contribution in [1.29, 1.82) is 0 Å². The van der Waals surface area contributed by atoms with Crippen molar-refractivity contribution in [3.63, 3.8) is 0 Å². The van der Waals surface area contributed by atoms with Crippen molar-refractivity contribution in [3.05, 3.63) is 23.7 Å². The molecule has 0 saturated heterocycles. The summed E-state index contributed by atoms with van der Waals surface area (Å²) >= 11 is 0. The highest BCUT2D eigenvalue weighted by molar-refractivity contribution is 5.80. The fourth-order valence-electron chi connectivity index (χ4n) is 1.56. The molecule has 4 nitrogen and oxygen atoms in total. The van der Waals surface area contributed by atoms with Gasteiger partial charge in [0, 0.05) is 5.92 Å². The average Bonchev–Trinajstić information content (AvgIpc) is 2.98. The molecule has 0 aromatic carbocycles. The molecule has 0 radical (unpaired) electrons. The molecule has 1 saturated carbocycles. The summed E-state index contributed by atoms with van der Waals surface area (Å²) in [4.78, 5) is 11.4. The van der Waals surface area contributed by atoms with Crippen molar-refractivity contribution in [3.8, 4) is 0 Å². The van der Waals surface area contributed by atoms with Crippen LogP contribution < -0.4 is 5.32 Å². The van der Waals surface area contributed by atoms with Crippen LogP contribution in [0.2, 0.25) is 0 Å². The highest BCUT2D eigenvalue weighted by Gasteiger charge is 2.32. The van der Waals surface area contributed by atoms with Gasteiger partial charge in [-0.2, -0.15) is 0 Å². The average molecular weight is 223 g/mol. The van der Waals surface area contributed by atoms with E-state index in [2.05, 4.69) is 5.32 Å². The third-order valence-electron chi connectivity index (χ3n) is 2.83. The summed E-state index contributed by atoms with van der Waals surface area (Å²) in [7, 11) is 0. The lowest BCUT2D eigenvalue weighted by Crippen LogP contribution is -2.39. The molecule has 2 rings (SSSR count). The fourth-order valence-corrected chi connectivity index (χ4v) is 1.56. The third-order valence-corrected chi connectivity index (χ3v) is 2.83. The quantitative estimate of drug-likeness (QED) is 0.809. The van der Waals surface area contributed by atoms with E-state index in [1.54, 1.807) is 19.1 Å². The van der Waals surface area contributed by atoms with Gasteiger partial charge >= 0.3 is 0 Å². The molecule has 2 N–H and O–H groups in total. The highest BCUT2D eigenvalue weighted by atomic mass is 16.4. The zero-order valence-electron chi connectivity index (χ0n) is 9.62. The van der Waals surface area contributed by atoms with Crippen LogP contribution in [0.15, 0.2) is 16.5 Å². The predicted octanol–water partition coefficient (Wildman–Crippen LogP) is 1.32. The van der Waals surface area contributed by atoms with Gasteiger partial charge in [0.25, 0.3) is 0 Å². The van der Waals surface area contributed by atoms with Crippen LogP contribution in [0.25, 0.3) is 0 Å². The smallest absolute Gasteiger partial charge is 0.223 e. The first-order valence-corrected chi connectivity index (χ1v) is 5.56. The highest BCUT2D eigenvalue weighted by Crippen LogP contribution is 2.29. The van der Waals surface area contributed by atoms with Crippen LogP contribution in [0.5, 0.6) is 0 Å². The molecule has 0 bridgehead atoms. The van der Waals surface area contributed by atoms with Crippen LogP contribution in [0.4, 0.5) is 0 Å². The van der Waals surface area contributed by atoms with Crippen molar-refractivity contribution in [2.75, 3.05) is 6.54 Å². The molecule has 0 aliphatic heterocycles. The Morgan fingerprint density at radius 1 is 1.62 bits per heavy atom. The lowest BCUT2D eigenvalue weighted by atomic mass is 10.0. The molecule has 1 fully saturated rings. The largest absolute Gasteiger partial charge is 0.463 e. The molecule has 1 aliphatic carbocycles. The van der Waals surface area contributed by atoms with Crippen molar-refractivity contribution in [2.24, 2.45) is 5.92 Å². The molecule has 1 heterocycles. The molecule has 1 amide bonds.